The van der Waals surface area contributed by atoms with E-state index in [-0.39, 0.29) is 6.04 Å². The molecule has 1 aliphatic rings. The summed E-state index contributed by atoms with van der Waals surface area (Å²) in [6.45, 7) is 5.96. The lowest BCUT2D eigenvalue weighted by Crippen LogP contribution is -2.48. The fourth-order valence-electron chi connectivity index (χ4n) is 1.50. The van der Waals surface area contributed by atoms with Crippen LogP contribution in [0.1, 0.15) is 19.7 Å². The number of hydrogen-bond donors (Lipinski definition) is 1. The van der Waals surface area contributed by atoms with Crippen molar-refractivity contribution < 1.29 is 14.0 Å². The molecule has 0 aliphatic carbocycles. The average molecular weight is 227 g/mol. The van der Waals surface area contributed by atoms with Crippen LogP contribution in [-0.4, -0.2) is 41.7 Å². The van der Waals surface area contributed by atoms with Gasteiger partial charge < -0.3 is 19.3 Å². The second-order valence-electron chi connectivity index (χ2n) is 4.27. The summed E-state index contributed by atoms with van der Waals surface area (Å²) in [5.41, 5.74) is 0. The molecule has 0 aromatic carbocycles. The van der Waals surface area contributed by atoms with Crippen LogP contribution in [0.5, 0.6) is 0 Å². The zero-order valence-electron chi connectivity index (χ0n) is 9.60. The molecule has 0 spiro atoms. The second kappa shape index (κ2) is 4.90. The molecule has 0 amide bonds. The summed E-state index contributed by atoms with van der Waals surface area (Å²) >= 11 is 0. The van der Waals surface area contributed by atoms with E-state index in [0.717, 1.165) is 13.0 Å². The van der Waals surface area contributed by atoms with E-state index in [4.69, 9.17) is 9.47 Å². The molecule has 1 fully saturated rings. The van der Waals surface area contributed by atoms with Crippen LogP contribution in [0.4, 0.5) is 0 Å². The highest BCUT2D eigenvalue weighted by atomic mass is 16.7. The molecular formula is C10H17N3O3. The zero-order chi connectivity index (χ0) is 11.4. The van der Waals surface area contributed by atoms with Gasteiger partial charge in [0, 0.05) is 13.0 Å². The molecule has 90 valence electrons. The Morgan fingerprint density at radius 1 is 1.44 bits per heavy atom. The number of nitrogens with one attached hydrogen (secondary N) is 1. The number of rotatable bonds is 4. The summed E-state index contributed by atoms with van der Waals surface area (Å²) in [5.74, 6) is 0.261. The van der Waals surface area contributed by atoms with Crippen LogP contribution in [0.2, 0.25) is 0 Å². The molecule has 1 N–H and O–H groups in total. The van der Waals surface area contributed by atoms with Gasteiger partial charge in [-0.2, -0.15) is 4.98 Å². The molecule has 0 atom stereocenters. The number of hydrogen-bond acceptors (Lipinski definition) is 6. The normalized spacial score (nSPS) is 21.1. The van der Waals surface area contributed by atoms with Crippen molar-refractivity contribution in [3.63, 3.8) is 0 Å². The zero-order valence-corrected chi connectivity index (χ0v) is 9.60. The van der Waals surface area contributed by atoms with E-state index < -0.39 is 5.79 Å². The van der Waals surface area contributed by atoms with Gasteiger partial charge in [0.2, 0.25) is 6.39 Å². The van der Waals surface area contributed by atoms with Crippen LogP contribution in [0.3, 0.4) is 0 Å². The van der Waals surface area contributed by atoms with Crippen molar-refractivity contribution in [2.45, 2.75) is 32.1 Å². The van der Waals surface area contributed by atoms with Gasteiger partial charge in [0.15, 0.2) is 11.6 Å². The van der Waals surface area contributed by atoms with Gasteiger partial charge in [0.05, 0.1) is 19.3 Å². The third kappa shape index (κ3) is 3.26. The minimum Gasteiger partial charge on any atom is -0.349 e. The quantitative estimate of drug-likeness (QED) is 0.800. The highest BCUT2D eigenvalue weighted by Crippen LogP contribution is 2.16. The monoisotopic (exact) mass is 227 g/mol. The molecule has 2 rings (SSSR count). The van der Waals surface area contributed by atoms with E-state index in [1.54, 1.807) is 0 Å². The number of ether oxygens (including phenoxy) is 2. The first-order valence-electron chi connectivity index (χ1n) is 5.42. The molecule has 1 aliphatic heterocycles. The van der Waals surface area contributed by atoms with E-state index in [1.807, 2.05) is 13.8 Å². The Hall–Kier alpha value is -0.980. The van der Waals surface area contributed by atoms with Crippen molar-refractivity contribution in [2.24, 2.45) is 0 Å². The molecule has 0 bridgehead atoms. The van der Waals surface area contributed by atoms with Gasteiger partial charge in [0.1, 0.15) is 0 Å². The highest BCUT2D eigenvalue weighted by molar-refractivity contribution is 4.80. The Balaban J connectivity index is 1.64. The highest BCUT2D eigenvalue weighted by Gasteiger charge is 2.27. The van der Waals surface area contributed by atoms with Gasteiger partial charge in [-0.05, 0) is 13.8 Å². The van der Waals surface area contributed by atoms with Gasteiger partial charge in [-0.3, -0.25) is 0 Å². The van der Waals surface area contributed by atoms with Gasteiger partial charge in [-0.15, -0.1) is 0 Å². The van der Waals surface area contributed by atoms with Crippen LogP contribution in [0.25, 0.3) is 0 Å². The van der Waals surface area contributed by atoms with Gasteiger partial charge in [-0.1, -0.05) is 5.16 Å². The lowest BCUT2D eigenvalue weighted by molar-refractivity contribution is -0.252. The summed E-state index contributed by atoms with van der Waals surface area (Å²) in [6, 6.07) is 0.236. The Morgan fingerprint density at radius 3 is 2.81 bits per heavy atom. The minimum atomic E-state index is -0.453. The Kier molecular flexibility index (Phi) is 3.52. The van der Waals surface area contributed by atoms with Crippen LogP contribution in [0.15, 0.2) is 10.9 Å². The summed E-state index contributed by atoms with van der Waals surface area (Å²) in [6.07, 6.45) is 2.08. The summed E-state index contributed by atoms with van der Waals surface area (Å²) < 4.78 is 15.7. The summed E-state index contributed by atoms with van der Waals surface area (Å²) in [4.78, 5) is 3.94. The summed E-state index contributed by atoms with van der Waals surface area (Å²) in [7, 11) is 0. The molecule has 16 heavy (non-hydrogen) atoms. The van der Waals surface area contributed by atoms with Crippen molar-refractivity contribution in [3.8, 4) is 0 Å². The van der Waals surface area contributed by atoms with Crippen molar-refractivity contribution in [3.05, 3.63) is 12.2 Å². The third-order valence-electron chi connectivity index (χ3n) is 2.45. The van der Waals surface area contributed by atoms with Crippen LogP contribution < -0.4 is 5.32 Å². The predicted molar refractivity (Wildman–Crippen MR) is 55.8 cm³/mol. The lowest BCUT2D eigenvalue weighted by atomic mass is 10.2. The molecule has 0 unspecified atom stereocenters. The maximum atomic E-state index is 5.53. The molecule has 1 aromatic heterocycles. The van der Waals surface area contributed by atoms with Crippen molar-refractivity contribution in [2.75, 3.05) is 19.8 Å². The van der Waals surface area contributed by atoms with Crippen LogP contribution in [-0.2, 0) is 15.9 Å². The smallest absolute Gasteiger partial charge is 0.213 e. The number of nitrogens with zero attached hydrogens (tertiary/aromatic N) is 2. The maximum Gasteiger partial charge on any atom is 0.213 e. The van der Waals surface area contributed by atoms with Crippen LogP contribution >= 0.6 is 0 Å². The lowest BCUT2D eigenvalue weighted by Gasteiger charge is -2.35. The topological polar surface area (TPSA) is 69.4 Å². The first-order valence-corrected chi connectivity index (χ1v) is 5.42. The molecular weight excluding hydrogens is 210 g/mol. The fraction of sp³-hybridized carbons (Fsp3) is 0.800. The SMILES string of the molecule is CC1(C)OCC(NCCc2ncon2)CO1. The van der Waals surface area contributed by atoms with Crippen molar-refractivity contribution >= 4 is 0 Å². The van der Waals surface area contributed by atoms with E-state index in [0.29, 0.717) is 19.0 Å². The minimum absolute atomic E-state index is 0.236. The van der Waals surface area contributed by atoms with Crippen molar-refractivity contribution in [1.82, 2.24) is 15.5 Å². The van der Waals surface area contributed by atoms with Gasteiger partial charge in [0.25, 0.3) is 0 Å². The largest absolute Gasteiger partial charge is 0.349 e. The van der Waals surface area contributed by atoms with E-state index in [1.165, 1.54) is 6.39 Å². The number of aromatic nitrogens is 2. The van der Waals surface area contributed by atoms with Gasteiger partial charge in [-0.25, -0.2) is 0 Å². The van der Waals surface area contributed by atoms with Crippen molar-refractivity contribution in [1.29, 1.82) is 0 Å². The molecule has 1 aromatic rings. The molecule has 0 saturated carbocycles. The summed E-state index contributed by atoms with van der Waals surface area (Å²) in [5, 5.41) is 7.06. The molecule has 6 heteroatoms. The Bertz CT molecular complexity index is 303. The van der Waals surface area contributed by atoms with E-state index in [9.17, 15) is 0 Å². The predicted octanol–water partition coefficient (Wildman–Crippen LogP) is 0.353. The molecule has 1 saturated heterocycles. The standard InChI is InChI=1S/C10H17N3O3/c1-10(2)14-5-8(6-15-10)11-4-3-9-12-7-16-13-9/h7-8,11H,3-6H2,1-2H3. The van der Waals surface area contributed by atoms with Crippen LogP contribution in [0, 0.1) is 0 Å². The van der Waals surface area contributed by atoms with E-state index >= 15 is 0 Å². The maximum absolute atomic E-state index is 5.53. The van der Waals surface area contributed by atoms with Gasteiger partial charge >= 0.3 is 0 Å². The molecule has 0 radical (unpaired) electrons. The second-order valence-corrected chi connectivity index (χ2v) is 4.27. The fourth-order valence-corrected chi connectivity index (χ4v) is 1.50. The van der Waals surface area contributed by atoms with E-state index in [2.05, 4.69) is 20.0 Å². The molecule has 2 heterocycles. The Morgan fingerprint density at radius 2 is 2.19 bits per heavy atom. The molecule has 6 nitrogen and oxygen atoms in total. The third-order valence-corrected chi connectivity index (χ3v) is 2.45. The Labute approximate surface area is 94.3 Å². The average Bonchev–Trinajstić information content (AvgIpc) is 2.73. The first-order chi connectivity index (χ1) is 7.66. The first kappa shape index (κ1) is 11.5.